The highest BCUT2D eigenvalue weighted by Gasteiger charge is 2.75. The summed E-state index contributed by atoms with van der Waals surface area (Å²) in [5, 5.41) is 10.3. The average molecular weight is 403 g/mol. The summed E-state index contributed by atoms with van der Waals surface area (Å²) in [6, 6.07) is 0. The lowest BCUT2D eigenvalue weighted by atomic mass is 9.44. The molecule has 5 fully saturated rings. The molecule has 4 aliphatic carbocycles. The van der Waals surface area contributed by atoms with Gasteiger partial charge in [-0.25, -0.2) is 0 Å². The number of fused-ring (bicyclic) bond motifs is 4. The van der Waals surface area contributed by atoms with Crippen LogP contribution in [0.25, 0.3) is 0 Å². The van der Waals surface area contributed by atoms with Gasteiger partial charge in [0.1, 0.15) is 5.60 Å². The zero-order valence-electron chi connectivity index (χ0n) is 19.4. The fourth-order valence-corrected chi connectivity index (χ4v) is 9.41. The van der Waals surface area contributed by atoms with Gasteiger partial charge in [0.25, 0.3) is 0 Å². The van der Waals surface area contributed by atoms with Crippen molar-refractivity contribution in [2.75, 3.05) is 0 Å². The Hall–Kier alpha value is -0.0800. The summed E-state index contributed by atoms with van der Waals surface area (Å²) in [5.41, 5.74) is 0.985. The summed E-state index contributed by atoms with van der Waals surface area (Å²) in [6.07, 6.45) is 20.7. The van der Waals surface area contributed by atoms with Gasteiger partial charge in [0.15, 0.2) is 0 Å². The lowest BCUT2D eigenvalue weighted by molar-refractivity contribution is -0.114. The van der Waals surface area contributed by atoms with E-state index in [4.69, 9.17) is 4.74 Å². The highest BCUT2D eigenvalue weighted by Crippen LogP contribution is 2.74. The van der Waals surface area contributed by atoms with E-state index in [1.807, 2.05) is 0 Å². The molecule has 0 aromatic heterocycles. The maximum absolute atomic E-state index is 10.3. The molecule has 1 spiro atoms. The summed E-state index contributed by atoms with van der Waals surface area (Å²) in [6.45, 7) is 7.56. The van der Waals surface area contributed by atoms with Crippen molar-refractivity contribution in [2.45, 2.75) is 135 Å². The van der Waals surface area contributed by atoms with E-state index < -0.39 is 0 Å². The maximum atomic E-state index is 10.3. The van der Waals surface area contributed by atoms with E-state index in [1.165, 1.54) is 83.5 Å². The first-order valence-corrected chi connectivity index (χ1v) is 13.3. The molecule has 1 saturated heterocycles. The van der Waals surface area contributed by atoms with Crippen molar-refractivity contribution in [1.82, 2.24) is 0 Å². The van der Waals surface area contributed by atoms with Crippen molar-refractivity contribution in [3.63, 3.8) is 0 Å². The molecular formula is C27H46O2. The third-order valence-corrected chi connectivity index (χ3v) is 11.2. The molecule has 2 heteroatoms. The number of aliphatic hydroxyl groups is 1. The molecule has 4 unspecified atom stereocenters. The van der Waals surface area contributed by atoms with Gasteiger partial charge in [-0.15, -0.1) is 0 Å². The summed E-state index contributed by atoms with van der Waals surface area (Å²) in [7, 11) is 0. The first-order chi connectivity index (χ1) is 13.9. The van der Waals surface area contributed by atoms with E-state index >= 15 is 0 Å². The Morgan fingerprint density at radius 2 is 1.69 bits per heavy atom. The van der Waals surface area contributed by atoms with Gasteiger partial charge in [-0.2, -0.15) is 0 Å². The molecule has 1 N–H and O–H groups in total. The number of ether oxygens (including phenoxy) is 1. The second kappa shape index (κ2) is 7.51. The highest BCUT2D eigenvalue weighted by atomic mass is 16.6. The molecule has 5 aliphatic rings. The number of hydrogen-bond donors (Lipinski definition) is 1. The molecule has 0 radical (unpaired) electrons. The summed E-state index contributed by atoms with van der Waals surface area (Å²) >= 11 is 0. The van der Waals surface area contributed by atoms with Crippen molar-refractivity contribution in [2.24, 2.45) is 34.5 Å². The van der Waals surface area contributed by atoms with E-state index in [1.54, 1.807) is 0 Å². The molecule has 0 amide bonds. The molecule has 0 aromatic rings. The largest absolute Gasteiger partial charge is 0.393 e. The van der Waals surface area contributed by atoms with Crippen LogP contribution in [0.3, 0.4) is 0 Å². The third-order valence-electron chi connectivity index (χ3n) is 11.2. The molecular weight excluding hydrogens is 356 g/mol. The molecule has 5 rings (SSSR count). The van der Waals surface area contributed by atoms with Gasteiger partial charge in [0.05, 0.1) is 12.2 Å². The fraction of sp³-hybridized carbons (Fsp3) is 1.00. The van der Waals surface area contributed by atoms with Crippen LogP contribution in [0.15, 0.2) is 0 Å². The Balaban J connectivity index is 1.25. The number of rotatable bonds is 7. The van der Waals surface area contributed by atoms with Crippen molar-refractivity contribution >= 4 is 0 Å². The monoisotopic (exact) mass is 402 g/mol. The van der Waals surface area contributed by atoms with Crippen LogP contribution in [0.5, 0.6) is 0 Å². The molecule has 0 bridgehead atoms. The van der Waals surface area contributed by atoms with Gasteiger partial charge in [-0.1, -0.05) is 59.3 Å². The summed E-state index contributed by atoms with van der Waals surface area (Å²) in [5.74, 6) is 3.66. The van der Waals surface area contributed by atoms with Gasteiger partial charge in [-0.05, 0) is 80.5 Å². The Morgan fingerprint density at radius 1 is 0.897 bits per heavy atom. The molecule has 166 valence electrons. The highest BCUT2D eigenvalue weighted by molar-refractivity contribution is 5.24. The third kappa shape index (κ3) is 3.09. The Bertz CT molecular complexity index is 603. The lowest BCUT2D eigenvalue weighted by Crippen LogP contribution is -2.58. The first kappa shape index (κ1) is 20.8. The van der Waals surface area contributed by atoms with E-state index in [0.29, 0.717) is 16.9 Å². The van der Waals surface area contributed by atoms with Gasteiger partial charge in [0, 0.05) is 11.8 Å². The topological polar surface area (TPSA) is 32.8 Å². The SMILES string of the molecule is CCCCCCCCC1CCC2C3C[C@H]4O[C@]45C[C@H](O)CC[C@]5(C)C3CC[C@]12C. The van der Waals surface area contributed by atoms with Crippen LogP contribution in [0.1, 0.15) is 117 Å². The maximum Gasteiger partial charge on any atom is 0.103 e. The first-order valence-electron chi connectivity index (χ1n) is 13.3. The van der Waals surface area contributed by atoms with Gasteiger partial charge in [-0.3, -0.25) is 0 Å². The van der Waals surface area contributed by atoms with Crippen molar-refractivity contribution in [3.05, 3.63) is 0 Å². The molecule has 2 nitrogen and oxygen atoms in total. The van der Waals surface area contributed by atoms with E-state index in [9.17, 15) is 5.11 Å². The zero-order valence-corrected chi connectivity index (χ0v) is 19.4. The Morgan fingerprint density at radius 3 is 2.52 bits per heavy atom. The summed E-state index contributed by atoms with van der Waals surface area (Å²) in [4.78, 5) is 0. The Kier molecular flexibility index (Phi) is 5.38. The zero-order chi connectivity index (χ0) is 20.3. The van der Waals surface area contributed by atoms with Crippen LogP contribution in [0, 0.1) is 34.5 Å². The average Bonchev–Trinajstić information content (AvgIpc) is 3.28. The van der Waals surface area contributed by atoms with Gasteiger partial charge in [0.2, 0.25) is 0 Å². The minimum atomic E-state index is -0.119. The second-order valence-corrected chi connectivity index (χ2v) is 12.3. The number of hydrogen-bond acceptors (Lipinski definition) is 2. The molecule has 0 aromatic carbocycles. The van der Waals surface area contributed by atoms with Gasteiger partial charge >= 0.3 is 0 Å². The minimum Gasteiger partial charge on any atom is -0.393 e. The molecule has 1 heterocycles. The van der Waals surface area contributed by atoms with E-state index in [0.717, 1.165) is 36.5 Å². The van der Waals surface area contributed by atoms with Crippen molar-refractivity contribution in [1.29, 1.82) is 0 Å². The van der Waals surface area contributed by atoms with Crippen LogP contribution in [0.2, 0.25) is 0 Å². The smallest absolute Gasteiger partial charge is 0.103 e. The minimum absolute atomic E-state index is 0.0517. The molecule has 4 saturated carbocycles. The predicted octanol–water partition coefficient (Wildman–Crippen LogP) is 6.89. The Labute approximate surface area is 179 Å². The number of epoxide rings is 1. The predicted molar refractivity (Wildman–Crippen MR) is 119 cm³/mol. The lowest BCUT2D eigenvalue weighted by Gasteiger charge is -2.59. The van der Waals surface area contributed by atoms with Crippen molar-refractivity contribution in [3.8, 4) is 0 Å². The number of aliphatic hydroxyl groups excluding tert-OH is 1. The van der Waals surface area contributed by atoms with Crippen LogP contribution in [0.4, 0.5) is 0 Å². The number of unbranched alkanes of at least 4 members (excludes halogenated alkanes) is 5. The quantitative estimate of drug-likeness (QED) is 0.371. The second-order valence-electron chi connectivity index (χ2n) is 12.3. The van der Waals surface area contributed by atoms with Crippen LogP contribution < -0.4 is 0 Å². The normalized spacial score (nSPS) is 53.0. The van der Waals surface area contributed by atoms with Gasteiger partial charge < -0.3 is 9.84 Å². The van der Waals surface area contributed by atoms with Crippen LogP contribution >= 0.6 is 0 Å². The van der Waals surface area contributed by atoms with Crippen LogP contribution in [-0.4, -0.2) is 22.9 Å². The molecule has 29 heavy (non-hydrogen) atoms. The fourth-order valence-electron chi connectivity index (χ4n) is 9.41. The molecule has 1 aliphatic heterocycles. The van der Waals surface area contributed by atoms with E-state index in [2.05, 4.69) is 20.8 Å². The van der Waals surface area contributed by atoms with Crippen molar-refractivity contribution < 1.29 is 9.84 Å². The van der Waals surface area contributed by atoms with Crippen LogP contribution in [-0.2, 0) is 4.74 Å². The standard InChI is InChI=1S/C27H46O2/c1-4-5-6-7-8-9-10-19-11-12-22-21-17-24-27(29-24)18-20(28)13-16-26(27,3)23(21)14-15-25(19,22)2/h19-24,28H,4-18H2,1-3H3/t19?,20-,21?,22?,23?,24-,25-,26-,27-/m1/s1. The molecule has 9 atom stereocenters. The van der Waals surface area contributed by atoms with E-state index in [-0.39, 0.29) is 11.7 Å². The summed E-state index contributed by atoms with van der Waals surface area (Å²) < 4.78 is 6.49.